The topological polar surface area (TPSA) is 108 Å². The summed E-state index contributed by atoms with van der Waals surface area (Å²) in [5.74, 6) is 0.394. The van der Waals surface area contributed by atoms with E-state index < -0.39 is 0 Å². The van der Waals surface area contributed by atoms with E-state index in [1.165, 1.54) is 21.5 Å². The normalized spacial score (nSPS) is 10.3. The van der Waals surface area contributed by atoms with Gasteiger partial charge in [0, 0.05) is 18.1 Å². The fraction of sp³-hybridized carbons (Fsp3) is 0. The molecule has 0 aliphatic heterocycles. The molecule has 12 rings (SSSR count). The third kappa shape index (κ3) is 9.31. The smallest absolute Gasteiger partial charge is 0.481 e. The largest absolute Gasteiger partial charge is 2.00 e. The summed E-state index contributed by atoms with van der Waals surface area (Å²) < 4.78 is 0. The van der Waals surface area contributed by atoms with Gasteiger partial charge >= 0.3 is 42.1 Å². The van der Waals surface area contributed by atoms with E-state index in [0.717, 1.165) is 53.7 Å². The monoisotopic (exact) mass is 1190 g/mol. The number of rotatable bonds is 2. The fourth-order valence-corrected chi connectivity index (χ4v) is 8.13. The molecule has 0 atom stereocenters. The van der Waals surface area contributed by atoms with Crippen LogP contribution in [-0.2, 0) is 42.1 Å². The molecule has 8 nitrogen and oxygen atoms in total. The second-order valence-corrected chi connectivity index (χ2v) is 15.0. The molecule has 0 amide bonds. The van der Waals surface area contributed by atoms with E-state index >= 15 is 0 Å². The molecule has 0 bridgehead atoms. The summed E-state index contributed by atoms with van der Waals surface area (Å²) in [6, 6.07) is 56.0. The zero-order valence-electron chi connectivity index (χ0n) is 32.2. The van der Waals surface area contributed by atoms with E-state index in [9.17, 15) is 0 Å². The Labute approximate surface area is 393 Å². The Morgan fingerprint density at radius 2 is 1.00 bits per heavy atom. The number of aromatic nitrogens is 6. The number of nitrogens with zero attached hydrogens (tertiary/aromatic N) is 8. The zero-order chi connectivity index (χ0) is 40.7. The first-order valence-electron chi connectivity index (χ1n) is 18.7. The summed E-state index contributed by atoms with van der Waals surface area (Å²) >= 11 is 3.35. The Morgan fingerprint density at radius 1 is 0.532 bits per heavy atom. The molecule has 0 fully saturated rings. The molecular formula is C50H28N8Pt2S2. The minimum Gasteiger partial charge on any atom is -0.481 e. The Hall–Kier alpha value is -6.64. The van der Waals surface area contributed by atoms with Crippen LogP contribution in [0.2, 0.25) is 0 Å². The van der Waals surface area contributed by atoms with E-state index in [2.05, 4.69) is 71.1 Å². The Balaban J connectivity index is 0.000000123. The van der Waals surface area contributed by atoms with Gasteiger partial charge in [-0.3, -0.25) is 0 Å². The Bertz CT molecular complexity index is 3250. The number of para-hydroxylation sites is 2. The number of fused-ring (bicyclic) bond motifs is 8. The van der Waals surface area contributed by atoms with Crippen molar-refractivity contribution in [3.63, 3.8) is 0 Å². The number of nitriles is 1. The summed E-state index contributed by atoms with van der Waals surface area (Å²) in [6.07, 6.45) is 3.70. The predicted molar refractivity (Wildman–Crippen MR) is 244 cm³/mol. The molecule has 0 spiro atoms. The minimum absolute atomic E-state index is 0. The molecule has 0 saturated heterocycles. The zero-order valence-corrected chi connectivity index (χ0v) is 38.4. The van der Waals surface area contributed by atoms with Crippen molar-refractivity contribution in [2.45, 2.75) is 0 Å². The molecule has 0 saturated carbocycles. The number of thiophene rings is 2. The molecule has 0 unspecified atom stereocenters. The number of pyridine rings is 4. The van der Waals surface area contributed by atoms with Gasteiger partial charge in [0.25, 0.3) is 0 Å². The van der Waals surface area contributed by atoms with Crippen molar-refractivity contribution >= 4 is 93.9 Å². The first kappa shape index (κ1) is 43.4. The number of benzene rings is 4. The van der Waals surface area contributed by atoms with Crippen molar-refractivity contribution in [1.29, 1.82) is 5.26 Å². The van der Waals surface area contributed by atoms with E-state index in [1.54, 1.807) is 34.8 Å². The van der Waals surface area contributed by atoms with Gasteiger partial charge in [0.2, 0.25) is 0 Å². The van der Waals surface area contributed by atoms with Crippen LogP contribution < -0.4 is 9.97 Å². The van der Waals surface area contributed by atoms with Gasteiger partial charge in [-0.2, -0.15) is 29.5 Å². The molecule has 12 heteroatoms. The average Bonchev–Trinajstić information content (AvgIpc) is 4.16. The molecule has 0 aliphatic rings. The molecule has 8 heterocycles. The van der Waals surface area contributed by atoms with Crippen LogP contribution in [0.5, 0.6) is 0 Å². The van der Waals surface area contributed by atoms with Gasteiger partial charge in [0.1, 0.15) is 0 Å². The van der Waals surface area contributed by atoms with Gasteiger partial charge in [-0.15, -0.1) is 10.8 Å². The van der Waals surface area contributed by atoms with Crippen LogP contribution in [0.15, 0.2) is 169 Å². The maximum Gasteiger partial charge on any atom is 2.00 e. The molecule has 62 heavy (non-hydrogen) atoms. The van der Waals surface area contributed by atoms with E-state index in [-0.39, 0.29) is 42.1 Å². The van der Waals surface area contributed by atoms with Crippen LogP contribution in [0.1, 0.15) is 5.69 Å². The van der Waals surface area contributed by atoms with Crippen LogP contribution >= 0.6 is 22.7 Å². The SMILES string of the molecule is N#Cc1ccc2c(n1)[n-]c1ccccc12.[C-]#[N+]c1ccc2c(n1)[n-]c1ccccc12.[Pt+2].[Pt+2].[c-]1ccsc1-c1nccc2ccccc12.[c-]1ccsc1-c1nccc2ccccc12. The fourth-order valence-electron chi connectivity index (χ4n) is 6.77. The van der Waals surface area contributed by atoms with Crippen molar-refractivity contribution in [3.8, 4) is 27.2 Å². The first-order chi connectivity index (χ1) is 29.7. The maximum absolute atomic E-state index is 8.73. The van der Waals surface area contributed by atoms with E-state index in [1.807, 2.05) is 138 Å². The summed E-state index contributed by atoms with van der Waals surface area (Å²) in [7, 11) is 0. The van der Waals surface area contributed by atoms with Gasteiger partial charge in [-0.1, -0.05) is 137 Å². The van der Waals surface area contributed by atoms with Gasteiger partial charge in [-0.25, -0.2) is 22.7 Å². The second-order valence-electron chi connectivity index (χ2n) is 13.1. The molecule has 4 aromatic carbocycles. The van der Waals surface area contributed by atoms with Crippen LogP contribution in [-0.4, -0.2) is 19.9 Å². The Kier molecular flexibility index (Phi) is 14.2. The molecule has 0 radical (unpaired) electrons. The quantitative estimate of drug-likeness (QED) is 0.159. The van der Waals surface area contributed by atoms with Crippen LogP contribution in [0.25, 0.3) is 91.4 Å². The third-order valence-electron chi connectivity index (χ3n) is 9.52. The van der Waals surface area contributed by atoms with Crippen molar-refractivity contribution in [2.24, 2.45) is 0 Å². The van der Waals surface area contributed by atoms with Gasteiger partial charge in [0.15, 0.2) is 0 Å². The molecule has 0 N–H and O–H groups in total. The standard InChI is InChI=1S/2C13H8NS.2C12H6N3.2Pt/c2*1-2-5-11-10(4-1)7-8-14-13(11)12-6-3-9-15-12;1-13-11-7-6-9-8-4-2-3-5-10(8)14-12(9)15-11;13-7-8-5-6-10-9-3-1-2-4-11(9)15-12(10)14-8;;/h2*1-5,7-9H;2-7H;1-6H;;/q4*-1;2*+2. The van der Waals surface area contributed by atoms with Gasteiger partial charge in [0.05, 0.1) is 11.9 Å². The Morgan fingerprint density at radius 3 is 1.48 bits per heavy atom. The van der Waals surface area contributed by atoms with Crippen LogP contribution in [0.3, 0.4) is 0 Å². The number of hydrogen-bond donors (Lipinski definition) is 0. The molecular weight excluding hydrogens is 1170 g/mol. The molecule has 8 aromatic heterocycles. The summed E-state index contributed by atoms with van der Waals surface area (Å²) in [5.41, 5.74) is 5.63. The second kappa shape index (κ2) is 20.3. The number of hydrogen-bond acceptors (Lipinski definition) is 7. The first-order valence-corrected chi connectivity index (χ1v) is 20.4. The van der Waals surface area contributed by atoms with Gasteiger partial charge < -0.3 is 34.7 Å². The maximum atomic E-state index is 8.73. The average molecular weight is 1200 g/mol. The van der Waals surface area contributed by atoms with E-state index in [4.69, 9.17) is 11.8 Å². The summed E-state index contributed by atoms with van der Waals surface area (Å²) in [5, 5.41) is 21.8. The minimum atomic E-state index is 0. The van der Waals surface area contributed by atoms with Crippen LogP contribution in [0.4, 0.5) is 5.82 Å². The van der Waals surface area contributed by atoms with Crippen molar-refractivity contribution in [2.75, 3.05) is 0 Å². The predicted octanol–water partition coefficient (Wildman–Crippen LogP) is 12.6. The van der Waals surface area contributed by atoms with Crippen molar-refractivity contribution < 1.29 is 42.1 Å². The molecule has 300 valence electrons. The van der Waals surface area contributed by atoms with Crippen molar-refractivity contribution in [3.05, 3.63) is 198 Å². The molecule has 12 aromatic rings. The summed E-state index contributed by atoms with van der Waals surface area (Å²) in [4.78, 5) is 31.4. The third-order valence-corrected chi connectivity index (χ3v) is 11.2. The summed E-state index contributed by atoms with van der Waals surface area (Å²) in [6.45, 7) is 6.89. The van der Waals surface area contributed by atoms with Crippen LogP contribution in [0, 0.1) is 30.0 Å². The van der Waals surface area contributed by atoms with Crippen molar-refractivity contribution in [1.82, 2.24) is 29.9 Å². The van der Waals surface area contributed by atoms with Gasteiger partial charge in [-0.05, 0) is 89.4 Å². The van der Waals surface area contributed by atoms with E-state index in [0.29, 0.717) is 22.8 Å². The molecule has 0 aliphatic carbocycles.